The van der Waals surface area contributed by atoms with E-state index in [1.165, 1.54) is 13.2 Å². The van der Waals surface area contributed by atoms with Gasteiger partial charge in [0, 0.05) is 5.56 Å². The molecule has 0 aliphatic carbocycles. The van der Waals surface area contributed by atoms with Crippen molar-refractivity contribution in [2.75, 3.05) is 32.6 Å². The third-order valence-corrected chi connectivity index (χ3v) is 2.64. The van der Waals surface area contributed by atoms with E-state index in [1.54, 1.807) is 0 Å². The fourth-order valence-electron chi connectivity index (χ4n) is 1.71. The summed E-state index contributed by atoms with van der Waals surface area (Å²) in [6.45, 7) is 1.29. The molecule has 2 N–H and O–H groups in total. The zero-order chi connectivity index (χ0) is 13.1. The van der Waals surface area contributed by atoms with Crippen molar-refractivity contribution in [3.63, 3.8) is 0 Å². The van der Waals surface area contributed by atoms with Crippen molar-refractivity contribution in [1.82, 2.24) is 0 Å². The molecule has 0 saturated carbocycles. The maximum Gasteiger partial charge on any atom is 0.337 e. The first-order valence-electron chi connectivity index (χ1n) is 5.42. The Kier molecular flexibility index (Phi) is 3.57. The van der Waals surface area contributed by atoms with Crippen LogP contribution in [-0.4, -0.2) is 38.5 Å². The lowest BCUT2D eigenvalue weighted by molar-refractivity contribution is 0.0600. The molecular formula is C12H13FN2O3. The zero-order valence-corrected chi connectivity index (χ0v) is 9.90. The Bertz CT molecular complexity index is 514. The van der Waals surface area contributed by atoms with E-state index in [1.807, 2.05) is 0 Å². The van der Waals surface area contributed by atoms with Crippen LogP contribution in [0.2, 0.25) is 0 Å². The van der Waals surface area contributed by atoms with Crippen LogP contribution in [0.4, 0.5) is 10.1 Å². The minimum absolute atomic E-state index is 0.0353. The Morgan fingerprint density at radius 2 is 2.33 bits per heavy atom. The highest BCUT2D eigenvalue weighted by atomic mass is 19.1. The third-order valence-electron chi connectivity index (χ3n) is 2.64. The maximum atomic E-state index is 13.7. The van der Waals surface area contributed by atoms with E-state index in [-0.39, 0.29) is 17.9 Å². The van der Waals surface area contributed by atoms with Crippen LogP contribution < -0.4 is 5.73 Å². The van der Waals surface area contributed by atoms with E-state index in [0.717, 1.165) is 6.07 Å². The highest BCUT2D eigenvalue weighted by Gasteiger charge is 2.18. The van der Waals surface area contributed by atoms with Crippen molar-refractivity contribution in [3.05, 3.63) is 29.1 Å². The Morgan fingerprint density at radius 3 is 2.94 bits per heavy atom. The highest BCUT2D eigenvalue weighted by Crippen LogP contribution is 2.21. The minimum atomic E-state index is -0.666. The molecule has 0 bridgehead atoms. The molecule has 18 heavy (non-hydrogen) atoms. The quantitative estimate of drug-likeness (QED) is 0.629. The number of nitrogens with two attached hydrogens (primary N) is 1. The van der Waals surface area contributed by atoms with Gasteiger partial charge in [0.2, 0.25) is 0 Å². The highest BCUT2D eigenvalue weighted by molar-refractivity contribution is 6.07. The maximum absolute atomic E-state index is 13.7. The molecule has 6 heteroatoms. The molecule has 2 rings (SSSR count). The molecule has 0 spiro atoms. The second-order valence-electron chi connectivity index (χ2n) is 3.79. The summed E-state index contributed by atoms with van der Waals surface area (Å²) in [7, 11) is 1.23. The lowest BCUT2D eigenvalue weighted by Crippen LogP contribution is -2.21. The van der Waals surface area contributed by atoms with Gasteiger partial charge in [-0.15, -0.1) is 0 Å². The first kappa shape index (κ1) is 12.5. The summed E-state index contributed by atoms with van der Waals surface area (Å²) in [5, 5.41) is 0. The van der Waals surface area contributed by atoms with Crippen LogP contribution in [0.1, 0.15) is 15.9 Å². The Labute approximate surface area is 103 Å². The van der Waals surface area contributed by atoms with E-state index >= 15 is 0 Å². The Balaban J connectivity index is 2.48. The molecule has 1 aromatic rings. The summed E-state index contributed by atoms with van der Waals surface area (Å²) in [6.07, 6.45) is 0. The van der Waals surface area contributed by atoms with Crippen LogP contribution in [0.3, 0.4) is 0 Å². The van der Waals surface area contributed by atoms with Gasteiger partial charge in [0.05, 0.1) is 43.8 Å². The number of hydrogen-bond acceptors (Lipinski definition) is 5. The molecule has 0 fully saturated rings. The monoisotopic (exact) mass is 252 g/mol. The number of methoxy groups -OCH3 is 1. The Hall–Kier alpha value is -1.95. The number of halogens is 1. The van der Waals surface area contributed by atoms with Gasteiger partial charge >= 0.3 is 5.97 Å². The molecule has 0 unspecified atom stereocenters. The van der Waals surface area contributed by atoms with Gasteiger partial charge in [0.1, 0.15) is 5.82 Å². The summed E-state index contributed by atoms with van der Waals surface area (Å²) in [4.78, 5) is 15.6. The summed E-state index contributed by atoms with van der Waals surface area (Å²) in [5.41, 5.74) is 6.66. The number of benzene rings is 1. The number of nitrogens with zero attached hydrogens (tertiary/aromatic N) is 1. The van der Waals surface area contributed by atoms with Crippen LogP contribution in [-0.2, 0) is 9.47 Å². The zero-order valence-electron chi connectivity index (χ0n) is 9.90. The summed E-state index contributed by atoms with van der Waals surface area (Å²) in [6, 6.07) is 2.52. The molecule has 96 valence electrons. The average Bonchev–Trinajstić information content (AvgIpc) is 2.41. The summed E-state index contributed by atoms with van der Waals surface area (Å²) < 4.78 is 23.5. The summed E-state index contributed by atoms with van der Waals surface area (Å²) >= 11 is 0. The van der Waals surface area contributed by atoms with E-state index in [0.29, 0.717) is 24.4 Å². The number of nitrogen functional groups attached to an aromatic ring is 1. The van der Waals surface area contributed by atoms with Crippen molar-refractivity contribution in [1.29, 1.82) is 0 Å². The molecule has 1 aliphatic heterocycles. The van der Waals surface area contributed by atoms with Crippen molar-refractivity contribution in [3.8, 4) is 0 Å². The van der Waals surface area contributed by atoms with Crippen LogP contribution >= 0.6 is 0 Å². The van der Waals surface area contributed by atoms with Crippen LogP contribution in [0.15, 0.2) is 17.1 Å². The molecule has 0 aromatic heterocycles. The van der Waals surface area contributed by atoms with Crippen LogP contribution in [0.5, 0.6) is 0 Å². The van der Waals surface area contributed by atoms with Crippen molar-refractivity contribution in [2.45, 2.75) is 0 Å². The normalized spacial score (nSPS) is 15.1. The molecule has 0 atom stereocenters. The predicted molar refractivity (Wildman–Crippen MR) is 64.4 cm³/mol. The molecular weight excluding hydrogens is 239 g/mol. The van der Waals surface area contributed by atoms with Crippen molar-refractivity contribution < 1.29 is 18.7 Å². The van der Waals surface area contributed by atoms with Gasteiger partial charge in [-0.05, 0) is 12.1 Å². The van der Waals surface area contributed by atoms with Crippen molar-refractivity contribution >= 4 is 17.4 Å². The van der Waals surface area contributed by atoms with E-state index in [4.69, 9.17) is 10.5 Å². The van der Waals surface area contributed by atoms with Gasteiger partial charge in [0.25, 0.3) is 0 Å². The SMILES string of the molecule is COC(=O)c1cc(F)c(N)c(C2=NCCOC2)c1. The van der Waals surface area contributed by atoms with E-state index < -0.39 is 11.8 Å². The van der Waals surface area contributed by atoms with Gasteiger partial charge in [-0.3, -0.25) is 4.99 Å². The molecule has 5 nitrogen and oxygen atoms in total. The topological polar surface area (TPSA) is 73.9 Å². The molecule has 0 radical (unpaired) electrons. The smallest absolute Gasteiger partial charge is 0.337 e. The Morgan fingerprint density at radius 1 is 1.56 bits per heavy atom. The number of carbonyl (C=O) groups is 1. The molecule has 1 aromatic carbocycles. The van der Waals surface area contributed by atoms with E-state index in [2.05, 4.69) is 9.73 Å². The number of hydrogen-bond donors (Lipinski definition) is 1. The van der Waals surface area contributed by atoms with Gasteiger partial charge in [-0.1, -0.05) is 0 Å². The van der Waals surface area contributed by atoms with Gasteiger partial charge in [0.15, 0.2) is 0 Å². The molecule has 1 aliphatic rings. The van der Waals surface area contributed by atoms with Crippen LogP contribution in [0.25, 0.3) is 0 Å². The van der Waals surface area contributed by atoms with E-state index in [9.17, 15) is 9.18 Å². The fraction of sp³-hybridized carbons (Fsp3) is 0.333. The number of aliphatic imine (C=N–C) groups is 1. The van der Waals surface area contributed by atoms with Crippen LogP contribution in [0, 0.1) is 5.82 Å². The number of carbonyl (C=O) groups excluding carboxylic acids is 1. The largest absolute Gasteiger partial charge is 0.465 e. The van der Waals surface area contributed by atoms with Gasteiger partial charge < -0.3 is 15.2 Å². The fourth-order valence-corrected chi connectivity index (χ4v) is 1.71. The molecule has 1 heterocycles. The lowest BCUT2D eigenvalue weighted by Gasteiger charge is -2.15. The number of rotatable bonds is 2. The lowest BCUT2D eigenvalue weighted by atomic mass is 10.0. The number of anilines is 1. The first-order chi connectivity index (χ1) is 8.63. The number of esters is 1. The minimum Gasteiger partial charge on any atom is -0.465 e. The second kappa shape index (κ2) is 5.14. The van der Waals surface area contributed by atoms with Gasteiger partial charge in [-0.2, -0.15) is 0 Å². The molecule has 0 saturated heterocycles. The summed E-state index contributed by atoms with van der Waals surface area (Å²) in [5.74, 6) is -1.28. The first-order valence-corrected chi connectivity index (χ1v) is 5.42. The second-order valence-corrected chi connectivity index (χ2v) is 3.79. The third kappa shape index (κ3) is 2.33. The average molecular weight is 252 g/mol. The number of ether oxygens (including phenoxy) is 2. The van der Waals surface area contributed by atoms with Crippen molar-refractivity contribution in [2.24, 2.45) is 4.99 Å². The predicted octanol–water partition coefficient (Wildman–Crippen LogP) is 1.01. The molecule has 0 amide bonds. The van der Waals surface area contributed by atoms with Gasteiger partial charge in [-0.25, -0.2) is 9.18 Å². The standard InChI is InChI=1S/C12H13FN2O3/c1-17-12(16)7-4-8(11(14)9(13)5-7)10-6-18-3-2-15-10/h4-5H,2-3,6,14H2,1H3.